The zero-order valence-electron chi connectivity index (χ0n) is 21.5. The number of hydrogen-bond acceptors (Lipinski definition) is 11. The molecule has 1 aliphatic heterocycles. The fourth-order valence-corrected chi connectivity index (χ4v) is 4.14. The van der Waals surface area contributed by atoms with E-state index in [0.717, 1.165) is 0 Å². The Morgan fingerprint density at radius 2 is 1.53 bits per heavy atom. The van der Waals surface area contributed by atoms with Crippen LogP contribution < -0.4 is 31.3 Å². The van der Waals surface area contributed by atoms with Gasteiger partial charge in [0.25, 0.3) is 5.91 Å². The van der Waals surface area contributed by atoms with Crippen molar-refractivity contribution in [3.05, 3.63) is 0 Å². The van der Waals surface area contributed by atoms with Gasteiger partial charge in [-0.2, -0.15) is 0 Å². The van der Waals surface area contributed by atoms with Crippen LogP contribution in [0, 0.1) is 52.3 Å². The molecule has 15 heteroatoms. The number of carbonyl (C=O) groups excluding carboxylic acids is 5. The van der Waals surface area contributed by atoms with Gasteiger partial charge in [0, 0.05) is 65.3 Å². The average Bonchev–Trinajstić information content (AvgIpc) is 2.81. The summed E-state index contributed by atoms with van der Waals surface area (Å²) < 4.78 is -0.258. The van der Waals surface area contributed by atoms with Crippen LogP contribution in [0.25, 0.3) is 0 Å². The summed E-state index contributed by atoms with van der Waals surface area (Å²) in [6, 6.07) is -0.916. The normalized spacial score (nSPS) is 20.3. The summed E-state index contributed by atoms with van der Waals surface area (Å²) in [5, 5.41) is 42.3. The molecular formula is C23H36GdN6O8+. The van der Waals surface area contributed by atoms with Gasteiger partial charge < -0.3 is 50.1 Å². The molecule has 3 N–H and O–H groups in total. The largest absolute Gasteiger partial charge is 3.00 e. The minimum absolute atomic E-state index is 0. The molecule has 0 bridgehead atoms. The van der Waals surface area contributed by atoms with Gasteiger partial charge in [0.1, 0.15) is 6.54 Å². The van der Waals surface area contributed by atoms with Gasteiger partial charge in [0.2, 0.25) is 5.91 Å². The number of carbonyl (C=O) groups is 5. The maximum absolute atomic E-state index is 13.0. The molecule has 1 aliphatic rings. The van der Waals surface area contributed by atoms with Gasteiger partial charge in [-0.1, -0.05) is 0 Å². The molecule has 213 valence electrons. The number of amides is 2. The summed E-state index contributed by atoms with van der Waals surface area (Å²) in [7, 11) is 0. The molecule has 0 spiro atoms. The molecule has 0 aromatic rings. The van der Waals surface area contributed by atoms with E-state index in [2.05, 4.69) is 21.9 Å². The van der Waals surface area contributed by atoms with Crippen molar-refractivity contribution in [2.45, 2.75) is 19.4 Å². The standard InChI is InChI=1S/C23H38N6O8.Gd/c1-3-4-5-25-19(30)14-26-23(37)18(2)29(17-22(35)36)12-7-24-6-8-27(15-20(31)32)9-10-28(11-13-29)16-21(33)34;/h1,18,24H,4-17H2,2H3,(H4-,25,26,30,31,32,33,34,35,36,37);/q;+3/p-2. The molecule has 1 rings (SSSR count). The van der Waals surface area contributed by atoms with Crippen LogP contribution >= 0.6 is 0 Å². The number of carboxylic acids is 3. The Hall–Kier alpha value is -1.93. The first-order valence-corrected chi connectivity index (χ1v) is 12.1. The first-order chi connectivity index (χ1) is 17.5. The zero-order chi connectivity index (χ0) is 27.8. The predicted molar refractivity (Wildman–Crippen MR) is 125 cm³/mol. The molecule has 14 nitrogen and oxygen atoms in total. The first kappa shape index (κ1) is 36.1. The molecule has 1 heterocycles. The van der Waals surface area contributed by atoms with Gasteiger partial charge in [-0.25, -0.2) is 0 Å². The van der Waals surface area contributed by atoms with Gasteiger partial charge in [0.15, 0.2) is 6.04 Å². The van der Waals surface area contributed by atoms with E-state index in [-0.39, 0.29) is 103 Å². The summed E-state index contributed by atoms with van der Waals surface area (Å²) in [5.41, 5.74) is 0. The maximum Gasteiger partial charge on any atom is 3.00 e. The van der Waals surface area contributed by atoms with Crippen LogP contribution in [-0.2, 0) is 24.0 Å². The summed E-state index contributed by atoms with van der Waals surface area (Å²) in [4.78, 5) is 62.2. The zero-order valence-corrected chi connectivity index (χ0v) is 23.8. The number of hydrogen-bond donors (Lipinski definition) is 3. The molecule has 2 atom stereocenters. The van der Waals surface area contributed by atoms with Gasteiger partial charge in [0.05, 0.1) is 37.5 Å². The molecule has 1 radical (unpaired) electrons. The molecule has 0 aromatic carbocycles. The molecule has 0 saturated carbocycles. The maximum atomic E-state index is 13.0. The van der Waals surface area contributed by atoms with Crippen LogP contribution in [0.1, 0.15) is 13.3 Å². The van der Waals surface area contributed by atoms with Gasteiger partial charge >= 0.3 is 39.9 Å². The van der Waals surface area contributed by atoms with Crippen molar-refractivity contribution in [1.29, 1.82) is 0 Å². The molecule has 0 aromatic heterocycles. The molecule has 1 saturated heterocycles. The van der Waals surface area contributed by atoms with Crippen molar-refractivity contribution in [3.8, 4) is 12.3 Å². The van der Waals surface area contributed by atoms with Crippen molar-refractivity contribution in [3.63, 3.8) is 0 Å². The second kappa shape index (κ2) is 19.2. The van der Waals surface area contributed by atoms with E-state index in [1.165, 1.54) is 4.90 Å². The molecule has 38 heavy (non-hydrogen) atoms. The first-order valence-electron chi connectivity index (χ1n) is 12.1. The number of nitrogens with zero attached hydrogens (tertiary/aromatic N) is 3. The Balaban J connectivity index is 0.0000137. The monoisotopic (exact) mass is 682 g/mol. The van der Waals surface area contributed by atoms with E-state index >= 15 is 0 Å². The topological polar surface area (TPSA) is 197 Å². The van der Waals surface area contributed by atoms with E-state index in [4.69, 9.17) is 6.42 Å². The van der Waals surface area contributed by atoms with Crippen LogP contribution in [0.3, 0.4) is 0 Å². The Kier molecular flexibility index (Phi) is 18.2. The third kappa shape index (κ3) is 14.3. The van der Waals surface area contributed by atoms with Crippen LogP contribution in [0.4, 0.5) is 0 Å². The van der Waals surface area contributed by atoms with Crippen molar-refractivity contribution in [2.75, 3.05) is 85.1 Å². The minimum atomic E-state index is -1.38. The Bertz CT molecular complexity index is 854. The molecular weight excluding hydrogens is 646 g/mol. The third-order valence-corrected chi connectivity index (χ3v) is 6.30. The molecule has 1 fully saturated rings. The van der Waals surface area contributed by atoms with Crippen molar-refractivity contribution in [1.82, 2.24) is 25.8 Å². The average molecular weight is 682 g/mol. The number of carboxylic acid groups (broad SMARTS) is 3. The molecule has 2 amide bonds. The number of quaternary nitrogens is 1. The fourth-order valence-electron chi connectivity index (χ4n) is 4.14. The Morgan fingerprint density at radius 1 is 0.921 bits per heavy atom. The predicted octanol–water partition coefficient (Wildman–Crippen LogP) is -7.10. The summed E-state index contributed by atoms with van der Waals surface area (Å²) >= 11 is 0. The smallest absolute Gasteiger partial charge is 0.549 e. The van der Waals surface area contributed by atoms with E-state index in [1.807, 2.05) is 0 Å². The molecule has 2 unspecified atom stereocenters. The quantitative estimate of drug-likeness (QED) is 0.101. The number of aliphatic carboxylic acids is 3. The Morgan fingerprint density at radius 3 is 2.08 bits per heavy atom. The number of nitrogens with one attached hydrogen (secondary N) is 3. The second-order valence-corrected chi connectivity index (χ2v) is 8.94. The summed E-state index contributed by atoms with van der Waals surface area (Å²) in [6.07, 6.45) is 5.48. The van der Waals surface area contributed by atoms with Crippen molar-refractivity contribution in [2.24, 2.45) is 0 Å². The summed E-state index contributed by atoms with van der Waals surface area (Å²) in [6.45, 7) is 1.93. The van der Waals surface area contributed by atoms with E-state index in [0.29, 0.717) is 19.5 Å². The van der Waals surface area contributed by atoms with Crippen LogP contribution in [-0.4, -0.2) is 135 Å². The Labute approximate surface area is 254 Å². The SMILES string of the molecule is C#CCCNC(=O)CNC(=O)C(C)[N+]1(CC(=O)[O-])CCNCCN(CC(=O)[O-])CCN(CC(=O)[O-])CC1.[Gd+3]. The van der Waals surface area contributed by atoms with Crippen LogP contribution in [0.15, 0.2) is 0 Å². The van der Waals surface area contributed by atoms with Crippen molar-refractivity contribution >= 4 is 29.7 Å². The summed E-state index contributed by atoms with van der Waals surface area (Å²) in [5.74, 6) is -2.60. The van der Waals surface area contributed by atoms with E-state index in [9.17, 15) is 39.3 Å². The van der Waals surface area contributed by atoms with Gasteiger partial charge in [-0.05, 0) is 6.92 Å². The van der Waals surface area contributed by atoms with Gasteiger partial charge in [-0.15, -0.1) is 12.3 Å². The second-order valence-electron chi connectivity index (χ2n) is 8.94. The van der Waals surface area contributed by atoms with E-state index in [1.54, 1.807) is 11.8 Å². The fraction of sp³-hybridized carbons (Fsp3) is 0.696. The number of rotatable bonds is 12. The van der Waals surface area contributed by atoms with Crippen LogP contribution in [0.2, 0.25) is 0 Å². The van der Waals surface area contributed by atoms with Crippen LogP contribution in [0.5, 0.6) is 0 Å². The third-order valence-electron chi connectivity index (χ3n) is 6.30. The molecule has 0 aliphatic carbocycles. The van der Waals surface area contributed by atoms with Gasteiger partial charge in [-0.3, -0.25) is 19.4 Å². The number of terminal acetylenes is 1. The van der Waals surface area contributed by atoms with E-state index < -0.39 is 48.9 Å². The minimum Gasteiger partial charge on any atom is -0.549 e. The van der Waals surface area contributed by atoms with Crippen molar-refractivity contribution < 1.29 is 83.7 Å².